The number of nitrogens with one attached hydrogen (secondary N) is 2. The Balaban J connectivity index is 0.00000264. The normalized spacial score (nSPS) is 20.9. The molecule has 0 bridgehead atoms. The molecule has 0 unspecified atom stereocenters. The van der Waals surface area contributed by atoms with Gasteiger partial charge in [0.2, 0.25) is 5.91 Å². The molecule has 1 saturated heterocycles. The van der Waals surface area contributed by atoms with Gasteiger partial charge in [-0.05, 0) is 58.1 Å². The zero-order valence-electron chi connectivity index (χ0n) is 14.1. The van der Waals surface area contributed by atoms with E-state index >= 15 is 0 Å². The fourth-order valence-electron chi connectivity index (χ4n) is 2.90. The third-order valence-electron chi connectivity index (χ3n) is 4.06. The smallest absolute Gasteiger partial charge is 0.223 e. The molecule has 2 atom stereocenters. The Hall–Kier alpha value is -1.17. The number of rotatable bonds is 5. The molecule has 0 saturated carbocycles. The highest BCUT2D eigenvalue weighted by atomic mass is 35.5. The zero-order valence-corrected chi connectivity index (χ0v) is 14.9. The number of piperidine rings is 1. The summed E-state index contributed by atoms with van der Waals surface area (Å²) >= 11 is 0. The molecule has 2 N–H and O–H groups in total. The molecule has 130 valence electrons. The van der Waals surface area contributed by atoms with Gasteiger partial charge in [0.15, 0.2) is 0 Å². The van der Waals surface area contributed by atoms with E-state index in [4.69, 9.17) is 0 Å². The number of carbonyl (C=O) groups excluding carboxylic acids is 1. The quantitative estimate of drug-likeness (QED) is 0.862. The Morgan fingerprint density at radius 1 is 1.43 bits per heavy atom. The monoisotopic (exact) mass is 343 g/mol. The SMILES string of the molecule is C[C@H]1C[C@@H](C(=O)NCc2ccc(F)c(CN(C)C)c2)CCN1.Cl. The highest BCUT2D eigenvalue weighted by Crippen LogP contribution is 2.17. The molecule has 6 heteroatoms. The van der Waals surface area contributed by atoms with Crippen molar-refractivity contribution in [3.63, 3.8) is 0 Å². The molecule has 1 aliphatic heterocycles. The van der Waals surface area contributed by atoms with Crippen LogP contribution in [0, 0.1) is 11.7 Å². The fourth-order valence-corrected chi connectivity index (χ4v) is 2.90. The Morgan fingerprint density at radius 3 is 2.83 bits per heavy atom. The van der Waals surface area contributed by atoms with Crippen LogP contribution in [0.25, 0.3) is 0 Å². The summed E-state index contributed by atoms with van der Waals surface area (Å²) in [6, 6.07) is 5.44. The van der Waals surface area contributed by atoms with Crippen LogP contribution >= 0.6 is 12.4 Å². The molecular weight excluding hydrogens is 317 g/mol. The van der Waals surface area contributed by atoms with E-state index in [2.05, 4.69) is 17.6 Å². The zero-order chi connectivity index (χ0) is 16.1. The van der Waals surface area contributed by atoms with E-state index in [1.807, 2.05) is 25.1 Å². The topological polar surface area (TPSA) is 44.4 Å². The van der Waals surface area contributed by atoms with E-state index in [1.54, 1.807) is 6.07 Å². The van der Waals surface area contributed by atoms with Gasteiger partial charge in [-0.3, -0.25) is 4.79 Å². The van der Waals surface area contributed by atoms with Gasteiger partial charge in [0.25, 0.3) is 0 Å². The third kappa shape index (κ3) is 6.09. The second-order valence-corrected chi connectivity index (χ2v) is 6.46. The number of halogens is 2. The van der Waals surface area contributed by atoms with Crippen LogP contribution < -0.4 is 10.6 Å². The number of hydrogen-bond donors (Lipinski definition) is 2. The fraction of sp³-hybridized carbons (Fsp3) is 0.588. The molecular formula is C17H27ClFN3O. The van der Waals surface area contributed by atoms with Crippen LogP contribution in [0.1, 0.15) is 30.9 Å². The number of benzene rings is 1. The molecule has 2 rings (SSSR count). The van der Waals surface area contributed by atoms with Gasteiger partial charge in [0.05, 0.1) is 0 Å². The van der Waals surface area contributed by atoms with Crippen LogP contribution in [-0.2, 0) is 17.9 Å². The van der Waals surface area contributed by atoms with Gasteiger partial charge in [-0.2, -0.15) is 0 Å². The predicted octanol–water partition coefficient (Wildman–Crippen LogP) is 2.31. The molecule has 1 fully saturated rings. The lowest BCUT2D eigenvalue weighted by Crippen LogP contribution is -2.42. The largest absolute Gasteiger partial charge is 0.352 e. The lowest BCUT2D eigenvalue weighted by Gasteiger charge is -2.27. The summed E-state index contributed by atoms with van der Waals surface area (Å²) in [6.45, 7) is 4.01. The third-order valence-corrected chi connectivity index (χ3v) is 4.06. The maximum Gasteiger partial charge on any atom is 0.223 e. The van der Waals surface area contributed by atoms with Gasteiger partial charge in [-0.15, -0.1) is 12.4 Å². The molecule has 0 spiro atoms. The molecule has 1 heterocycles. The minimum Gasteiger partial charge on any atom is -0.352 e. The second-order valence-electron chi connectivity index (χ2n) is 6.46. The van der Waals surface area contributed by atoms with E-state index < -0.39 is 0 Å². The van der Waals surface area contributed by atoms with Gasteiger partial charge in [-0.1, -0.05) is 6.07 Å². The van der Waals surface area contributed by atoms with Crippen molar-refractivity contribution in [3.05, 3.63) is 35.1 Å². The molecule has 1 aromatic rings. The molecule has 1 amide bonds. The Morgan fingerprint density at radius 2 is 2.17 bits per heavy atom. The number of hydrogen-bond acceptors (Lipinski definition) is 3. The molecule has 23 heavy (non-hydrogen) atoms. The summed E-state index contributed by atoms with van der Waals surface area (Å²) in [5.41, 5.74) is 1.60. The van der Waals surface area contributed by atoms with Crippen molar-refractivity contribution in [1.82, 2.24) is 15.5 Å². The minimum absolute atomic E-state index is 0. The van der Waals surface area contributed by atoms with Crippen molar-refractivity contribution in [1.29, 1.82) is 0 Å². The van der Waals surface area contributed by atoms with Crippen LogP contribution in [-0.4, -0.2) is 37.5 Å². The van der Waals surface area contributed by atoms with Gasteiger partial charge in [-0.25, -0.2) is 4.39 Å². The summed E-state index contributed by atoms with van der Waals surface area (Å²) < 4.78 is 13.7. The summed E-state index contributed by atoms with van der Waals surface area (Å²) in [7, 11) is 3.82. The summed E-state index contributed by atoms with van der Waals surface area (Å²) in [6.07, 6.45) is 1.76. The molecule has 0 aliphatic carbocycles. The van der Waals surface area contributed by atoms with E-state index in [1.165, 1.54) is 6.07 Å². The number of carbonyl (C=O) groups is 1. The van der Waals surface area contributed by atoms with Crippen molar-refractivity contribution in [2.45, 2.75) is 38.9 Å². The Kier molecular flexibility index (Phi) is 7.95. The maximum atomic E-state index is 13.7. The van der Waals surface area contributed by atoms with Crippen LogP contribution in [0.2, 0.25) is 0 Å². The first-order valence-corrected chi connectivity index (χ1v) is 7.89. The first kappa shape index (κ1) is 19.9. The summed E-state index contributed by atoms with van der Waals surface area (Å²) in [5, 5.41) is 6.33. The minimum atomic E-state index is -0.198. The van der Waals surface area contributed by atoms with Crippen LogP contribution in [0.15, 0.2) is 18.2 Å². The standard InChI is InChI=1S/C17H26FN3O.ClH/c1-12-8-14(6-7-19-12)17(22)20-10-13-4-5-16(18)15(9-13)11-21(2)3;/h4-5,9,12,14,19H,6-8,10-11H2,1-3H3,(H,20,22);1H/t12-,14-;/m0./s1. The first-order chi connectivity index (χ1) is 10.5. The van der Waals surface area contributed by atoms with E-state index in [9.17, 15) is 9.18 Å². The van der Waals surface area contributed by atoms with Crippen molar-refractivity contribution in [2.24, 2.45) is 5.92 Å². The lowest BCUT2D eigenvalue weighted by atomic mass is 9.92. The van der Waals surface area contributed by atoms with Crippen molar-refractivity contribution in [3.8, 4) is 0 Å². The van der Waals surface area contributed by atoms with Gasteiger partial charge in [0, 0.05) is 30.6 Å². The Bertz CT molecular complexity index is 525. The summed E-state index contributed by atoms with van der Waals surface area (Å²) in [4.78, 5) is 14.2. The number of nitrogens with zero attached hydrogens (tertiary/aromatic N) is 1. The van der Waals surface area contributed by atoms with Crippen molar-refractivity contribution < 1.29 is 9.18 Å². The highest BCUT2D eigenvalue weighted by Gasteiger charge is 2.24. The second kappa shape index (κ2) is 9.21. The predicted molar refractivity (Wildman–Crippen MR) is 93.1 cm³/mol. The average Bonchev–Trinajstić information content (AvgIpc) is 2.47. The van der Waals surface area contributed by atoms with E-state index in [0.29, 0.717) is 24.7 Å². The van der Waals surface area contributed by atoms with Gasteiger partial charge >= 0.3 is 0 Å². The molecule has 1 aliphatic rings. The lowest BCUT2D eigenvalue weighted by molar-refractivity contribution is -0.126. The van der Waals surface area contributed by atoms with Crippen molar-refractivity contribution in [2.75, 3.05) is 20.6 Å². The maximum absolute atomic E-state index is 13.7. The van der Waals surface area contributed by atoms with Crippen LogP contribution in [0.5, 0.6) is 0 Å². The van der Waals surface area contributed by atoms with Gasteiger partial charge in [0.1, 0.15) is 5.82 Å². The first-order valence-electron chi connectivity index (χ1n) is 7.89. The molecule has 0 aromatic heterocycles. The molecule has 0 radical (unpaired) electrons. The van der Waals surface area contributed by atoms with Crippen LogP contribution in [0.4, 0.5) is 4.39 Å². The average molecular weight is 344 g/mol. The summed E-state index contributed by atoms with van der Waals surface area (Å²) in [5.74, 6) is -0.0132. The van der Waals surface area contributed by atoms with E-state index in [0.717, 1.165) is 24.9 Å². The number of amides is 1. The molecule has 1 aromatic carbocycles. The Labute approximate surface area is 144 Å². The van der Waals surface area contributed by atoms with Crippen molar-refractivity contribution >= 4 is 18.3 Å². The van der Waals surface area contributed by atoms with Crippen LogP contribution in [0.3, 0.4) is 0 Å². The van der Waals surface area contributed by atoms with Gasteiger partial charge < -0.3 is 15.5 Å². The van der Waals surface area contributed by atoms with E-state index in [-0.39, 0.29) is 30.0 Å². The molecule has 4 nitrogen and oxygen atoms in total. The highest BCUT2D eigenvalue weighted by molar-refractivity contribution is 5.85.